The Labute approximate surface area is 160 Å². The maximum absolute atomic E-state index is 13.5. The highest BCUT2D eigenvalue weighted by Crippen LogP contribution is 2.60. The monoisotopic (exact) mass is 371 g/mol. The molecule has 1 heterocycles. The molecule has 6 nitrogen and oxygen atoms in total. The van der Waals surface area contributed by atoms with Gasteiger partial charge in [0.1, 0.15) is 6.04 Å². The molecule has 5 aliphatic rings. The van der Waals surface area contributed by atoms with Gasteiger partial charge in [0.2, 0.25) is 17.7 Å². The number of carbonyl (C=O) groups excluding carboxylic acids is 3. The van der Waals surface area contributed by atoms with Gasteiger partial charge in [0.15, 0.2) is 0 Å². The fourth-order valence-electron chi connectivity index (χ4n) is 6.46. The maximum Gasteiger partial charge on any atom is 0.243 e. The standard InChI is InChI=1S/C21H29N3O3/c1-2-5-22-18(25)13-23-19(26)17-4-3-6-24(17)20(27)21-10-14-7-15(11-21)9-16(8-14)12-21/h1,14-17H,3-13H2,(H,22,25)(H,23,26). The lowest BCUT2D eigenvalue weighted by Gasteiger charge is -2.56. The molecule has 0 spiro atoms. The summed E-state index contributed by atoms with van der Waals surface area (Å²) in [5.41, 5.74) is -0.220. The summed E-state index contributed by atoms with van der Waals surface area (Å²) in [4.78, 5) is 39.7. The number of carbonyl (C=O) groups is 3. The lowest BCUT2D eigenvalue weighted by atomic mass is 9.49. The van der Waals surface area contributed by atoms with Crippen molar-refractivity contribution in [1.82, 2.24) is 15.5 Å². The Morgan fingerprint density at radius 2 is 1.67 bits per heavy atom. The van der Waals surface area contributed by atoms with Crippen LogP contribution < -0.4 is 10.6 Å². The SMILES string of the molecule is C#CCNC(=O)CNC(=O)C1CCCN1C(=O)C12CC3CC(CC(C3)C1)C2. The van der Waals surface area contributed by atoms with Crippen LogP contribution in [0, 0.1) is 35.5 Å². The van der Waals surface area contributed by atoms with Gasteiger partial charge in [-0.25, -0.2) is 0 Å². The smallest absolute Gasteiger partial charge is 0.243 e. The van der Waals surface area contributed by atoms with Crippen molar-refractivity contribution in [2.24, 2.45) is 23.2 Å². The number of hydrogen-bond acceptors (Lipinski definition) is 3. The van der Waals surface area contributed by atoms with Crippen LogP contribution in [-0.4, -0.2) is 48.3 Å². The molecule has 0 aromatic carbocycles. The molecule has 4 aliphatic carbocycles. The summed E-state index contributed by atoms with van der Waals surface area (Å²) in [6.07, 6.45) is 13.6. The van der Waals surface area contributed by atoms with Gasteiger partial charge in [-0.2, -0.15) is 0 Å². The van der Waals surface area contributed by atoms with Gasteiger partial charge in [-0.05, 0) is 69.1 Å². The van der Waals surface area contributed by atoms with Gasteiger partial charge in [-0.1, -0.05) is 5.92 Å². The highest BCUT2D eigenvalue weighted by Gasteiger charge is 2.56. The van der Waals surface area contributed by atoms with Crippen LogP contribution in [0.1, 0.15) is 51.4 Å². The maximum atomic E-state index is 13.5. The Bertz CT molecular complexity index is 645. The van der Waals surface area contributed by atoms with E-state index in [9.17, 15) is 14.4 Å². The molecule has 4 bridgehead atoms. The molecule has 1 atom stereocenters. The number of nitrogens with one attached hydrogen (secondary N) is 2. The Morgan fingerprint density at radius 3 is 2.26 bits per heavy atom. The van der Waals surface area contributed by atoms with Crippen molar-refractivity contribution in [2.75, 3.05) is 19.6 Å². The van der Waals surface area contributed by atoms with Crippen molar-refractivity contribution in [3.8, 4) is 12.3 Å². The predicted molar refractivity (Wildman–Crippen MR) is 100 cm³/mol. The fraction of sp³-hybridized carbons (Fsp3) is 0.762. The average Bonchev–Trinajstić information content (AvgIpc) is 3.12. The summed E-state index contributed by atoms with van der Waals surface area (Å²) in [5, 5.41) is 5.21. The molecular weight excluding hydrogens is 342 g/mol. The van der Waals surface area contributed by atoms with E-state index in [4.69, 9.17) is 6.42 Å². The largest absolute Gasteiger partial charge is 0.345 e. The predicted octanol–water partition coefficient (Wildman–Crippen LogP) is 1.06. The molecule has 5 fully saturated rings. The van der Waals surface area contributed by atoms with Crippen molar-refractivity contribution in [1.29, 1.82) is 0 Å². The first-order valence-corrected chi connectivity index (χ1v) is 10.3. The second kappa shape index (κ2) is 7.18. The zero-order chi connectivity index (χ0) is 19.0. The highest BCUT2D eigenvalue weighted by atomic mass is 16.2. The minimum absolute atomic E-state index is 0.101. The van der Waals surface area contributed by atoms with E-state index in [0.29, 0.717) is 30.7 Å². The summed E-state index contributed by atoms with van der Waals surface area (Å²) < 4.78 is 0. The van der Waals surface area contributed by atoms with Crippen LogP contribution in [-0.2, 0) is 14.4 Å². The lowest BCUT2D eigenvalue weighted by Crippen LogP contribution is -2.57. The van der Waals surface area contributed by atoms with E-state index in [2.05, 4.69) is 16.6 Å². The normalized spacial score (nSPS) is 36.3. The second-order valence-corrected chi connectivity index (χ2v) is 9.05. The van der Waals surface area contributed by atoms with Crippen molar-refractivity contribution in [3.05, 3.63) is 0 Å². The Hall–Kier alpha value is -2.03. The number of rotatable bonds is 5. The van der Waals surface area contributed by atoms with E-state index >= 15 is 0 Å². The van der Waals surface area contributed by atoms with Crippen molar-refractivity contribution >= 4 is 17.7 Å². The molecule has 4 saturated carbocycles. The number of likely N-dealkylation sites (tertiary alicyclic amines) is 1. The summed E-state index contributed by atoms with van der Waals surface area (Å²) >= 11 is 0. The fourth-order valence-corrected chi connectivity index (χ4v) is 6.46. The van der Waals surface area contributed by atoms with E-state index in [-0.39, 0.29) is 36.2 Å². The summed E-state index contributed by atoms with van der Waals surface area (Å²) in [6, 6.07) is -0.439. The van der Waals surface area contributed by atoms with E-state index < -0.39 is 6.04 Å². The Kier molecular flexibility index (Phi) is 4.88. The number of amides is 3. The third kappa shape index (κ3) is 3.44. The molecule has 1 aliphatic heterocycles. The quantitative estimate of drug-likeness (QED) is 0.710. The second-order valence-electron chi connectivity index (χ2n) is 9.05. The molecule has 0 aromatic rings. The van der Waals surface area contributed by atoms with Crippen LogP contribution in [0.2, 0.25) is 0 Å². The van der Waals surface area contributed by atoms with Crippen LogP contribution in [0.4, 0.5) is 0 Å². The Balaban J connectivity index is 1.39. The number of terminal acetylenes is 1. The van der Waals surface area contributed by atoms with Crippen molar-refractivity contribution < 1.29 is 14.4 Å². The zero-order valence-electron chi connectivity index (χ0n) is 15.8. The molecule has 3 amide bonds. The molecule has 1 saturated heterocycles. The van der Waals surface area contributed by atoms with Gasteiger partial charge in [0, 0.05) is 6.54 Å². The van der Waals surface area contributed by atoms with Gasteiger partial charge < -0.3 is 15.5 Å². The molecule has 27 heavy (non-hydrogen) atoms. The van der Waals surface area contributed by atoms with Crippen molar-refractivity contribution in [2.45, 2.75) is 57.4 Å². The number of hydrogen-bond donors (Lipinski definition) is 2. The summed E-state index contributed by atoms with van der Waals surface area (Å²) in [6.45, 7) is 0.702. The molecule has 1 unspecified atom stereocenters. The van der Waals surface area contributed by atoms with Gasteiger partial charge in [0.25, 0.3) is 0 Å². The van der Waals surface area contributed by atoms with Gasteiger partial charge in [-0.3, -0.25) is 14.4 Å². The molecule has 0 radical (unpaired) electrons. The van der Waals surface area contributed by atoms with Gasteiger partial charge in [-0.15, -0.1) is 6.42 Å². The van der Waals surface area contributed by atoms with E-state index in [0.717, 1.165) is 25.7 Å². The van der Waals surface area contributed by atoms with Crippen LogP contribution in [0.15, 0.2) is 0 Å². The van der Waals surface area contributed by atoms with E-state index in [1.165, 1.54) is 19.3 Å². The zero-order valence-corrected chi connectivity index (χ0v) is 15.8. The third-order valence-corrected chi connectivity index (χ3v) is 7.12. The topological polar surface area (TPSA) is 78.5 Å². The average molecular weight is 371 g/mol. The van der Waals surface area contributed by atoms with Crippen LogP contribution in [0.25, 0.3) is 0 Å². The van der Waals surface area contributed by atoms with Gasteiger partial charge >= 0.3 is 0 Å². The number of nitrogens with zero attached hydrogens (tertiary/aromatic N) is 1. The first kappa shape index (κ1) is 18.3. The van der Waals surface area contributed by atoms with Crippen LogP contribution >= 0.6 is 0 Å². The van der Waals surface area contributed by atoms with E-state index in [1.807, 2.05) is 4.90 Å². The van der Waals surface area contributed by atoms with E-state index in [1.54, 1.807) is 0 Å². The molecule has 5 rings (SSSR count). The summed E-state index contributed by atoms with van der Waals surface area (Å²) in [5.74, 6) is 4.12. The Morgan fingerprint density at radius 1 is 1.04 bits per heavy atom. The molecule has 0 aromatic heterocycles. The third-order valence-electron chi connectivity index (χ3n) is 7.12. The molecular formula is C21H29N3O3. The highest BCUT2D eigenvalue weighted by molar-refractivity contribution is 5.92. The van der Waals surface area contributed by atoms with Crippen LogP contribution in [0.5, 0.6) is 0 Å². The first-order valence-electron chi connectivity index (χ1n) is 10.3. The van der Waals surface area contributed by atoms with Gasteiger partial charge in [0.05, 0.1) is 18.5 Å². The first-order chi connectivity index (χ1) is 13.0. The molecule has 6 heteroatoms. The van der Waals surface area contributed by atoms with Crippen LogP contribution in [0.3, 0.4) is 0 Å². The molecule has 2 N–H and O–H groups in total. The minimum atomic E-state index is -0.439. The summed E-state index contributed by atoms with van der Waals surface area (Å²) in [7, 11) is 0. The minimum Gasteiger partial charge on any atom is -0.345 e. The van der Waals surface area contributed by atoms with Crippen molar-refractivity contribution in [3.63, 3.8) is 0 Å². The molecule has 146 valence electrons. The lowest BCUT2D eigenvalue weighted by molar-refractivity contribution is -0.160.